The van der Waals surface area contributed by atoms with Gasteiger partial charge >= 0.3 is 0 Å². The van der Waals surface area contributed by atoms with Crippen LogP contribution in [0.4, 0.5) is 0 Å². The van der Waals surface area contributed by atoms with E-state index < -0.39 is 0 Å². The number of allylic oxidation sites excluding steroid dienone is 2. The summed E-state index contributed by atoms with van der Waals surface area (Å²) in [5, 5.41) is 3.69. The van der Waals surface area contributed by atoms with Crippen molar-refractivity contribution in [2.45, 2.75) is 85.6 Å². The number of hydrogen-bond donors (Lipinski definition) is 1. The van der Waals surface area contributed by atoms with Gasteiger partial charge in [0.05, 0.1) is 15.7 Å². The molecule has 3 heterocycles. The van der Waals surface area contributed by atoms with Crippen molar-refractivity contribution in [2.75, 3.05) is 46.4 Å². The Labute approximate surface area is 235 Å². The zero-order chi connectivity index (χ0) is 25.1. The van der Waals surface area contributed by atoms with Gasteiger partial charge in [0.1, 0.15) is 0 Å². The van der Waals surface area contributed by atoms with E-state index in [-0.39, 0.29) is 17.5 Å². The van der Waals surface area contributed by atoms with Crippen molar-refractivity contribution in [3.8, 4) is 0 Å². The van der Waals surface area contributed by atoms with Gasteiger partial charge in [0.25, 0.3) is 0 Å². The Morgan fingerprint density at radius 1 is 1.17 bits per heavy atom. The molecule has 36 heavy (non-hydrogen) atoms. The molecular weight excluding hydrogens is 587 g/mol. The second kappa shape index (κ2) is 12.6. The molecule has 2 saturated heterocycles. The number of halogens is 2. The van der Waals surface area contributed by atoms with Gasteiger partial charge in [0.15, 0.2) is 0 Å². The first-order chi connectivity index (χ1) is 17.5. The molecule has 5 aliphatic rings. The molecule has 8 heteroatoms. The fourth-order valence-corrected chi connectivity index (χ4v) is 7.96. The number of piperidine rings is 1. The highest BCUT2D eigenvalue weighted by Gasteiger charge is 2.40. The summed E-state index contributed by atoms with van der Waals surface area (Å²) in [5.41, 5.74) is 6.01. The number of methoxy groups -OCH3 is 1. The maximum atomic E-state index is 13.5. The summed E-state index contributed by atoms with van der Waals surface area (Å²) in [6.45, 7) is 5.37. The topological polar surface area (TPSA) is 57.2 Å². The normalized spacial score (nSPS) is 32.4. The molecule has 1 amide bonds. The van der Waals surface area contributed by atoms with Crippen LogP contribution in [0.15, 0.2) is 27.4 Å². The van der Waals surface area contributed by atoms with E-state index in [1.807, 2.05) is 0 Å². The van der Waals surface area contributed by atoms with Crippen molar-refractivity contribution in [3.05, 3.63) is 22.4 Å². The summed E-state index contributed by atoms with van der Waals surface area (Å²) in [4.78, 5) is 23.5. The second-order valence-electron chi connectivity index (χ2n) is 11.3. The molecule has 0 bridgehead atoms. The first kappa shape index (κ1) is 27.1. The highest BCUT2D eigenvalue weighted by molar-refractivity contribution is 14.1. The number of ether oxygens (including phenoxy) is 1. The van der Waals surface area contributed by atoms with Crippen LogP contribution in [0.3, 0.4) is 0 Å². The van der Waals surface area contributed by atoms with Crippen LogP contribution in [-0.4, -0.2) is 89.7 Å². The molecular formula is C28H42ClIN4O2. The van der Waals surface area contributed by atoms with E-state index in [2.05, 4.69) is 43.9 Å². The van der Waals surface area contributed by atoms with Gasteiger partial charge in [-0.1, -0.05) is 28.2 Å². The number of nitrogens with zero attached hydrogens (tertiary/aromatic N) is 3. The third-order valence-corrected chi connectivity index (χ3v) is 10.1. The van der Waals surface area contributed by atoms with E-state index in [9.17, 15) is 4.79 Å². The standard InChI is InChI=1S/C28H42ClIN4O2/c1-36-13-8-24-18-33(11-12-34(24)26(35)14-19-6-9-31-10-7-19)28-25-5-4-22(29)15-20(25)2-3-21-16-23(30)17-32-27(21)28/h17,19,22-24,28,31H,2-16,18H2,1H3/t22?,23?,24-,28?/m0/s1. The third-order valence-electron chi connectivity index (χ3n) is 8.92. The number of piperazine rings is 1. The minimum absolute atomic E-state index is 0.193. The Balaban J connectivity index is 1.38. The zero-order valence-corrected chi connectivity index (χ0v) is 24.6. The third kappa shape index (κ3) is 6.22. The first-order valence-electron chi connectivity index (χ1n) is 14.0. The summed E-state index contributed by atoms with van der Waals surface area (Å²) < 4.78 is 5.98. The van der Waals surface area contributed by atoms with Crippen molar-refractivity contribution in [3.63, 3.8) is 0 Å². The fourth-order valence-electron chi connectivity index (χ4n) is 6.97. The molecule has 0 aromatic carbocycles. The molecule has 6 nitrogen and oxygen atoms in total. The number of carbonyl (C=O) groups excluding carboxylic acids is 1. The van der Waals surface area contributed by atoms with Crippen molar-refractivity contribution in [1.82, 2.24) is 15.1 Å². The smallest absolute Gasteiger partial charge is 0.223 e. The Hall–Kier alpha value is -0.480. The lowest BCUT2D eigenvalue weighted by atomic mass is 9.84. The lowest BCUT2D eigenvalue weighted by molar-refractivity contribution is -0.138. The molecule has 3 aliphatic heterocycles. The lowest BCUT2D eigenvalue weighted by Gasteiger charge is -2.46. The van der Waals surface area contributed by atoms with Crippen LogP contribution >= 0.6 is 34.2 Å². The fraction of sp³-hybridized carbons (Fsp3) is 0.786. The largest absolute Gasteiger partial charge is 0.385 e. The van der Waals surface area contributed by atoms with Crippen LogP contribution < -0.4 is 5.32 Å². The molecule has 0 aromatic heterocycles. The molecule has 0 radical (unpaired) electrons. The molecule has 2 fully saturated rings. The molecule has 3 unspecified atom stereocenters. The maximum Gasteiger partial charge on any atom is 0.223 e. The average Bonchev–Trinajstić information content (AvgIpc) is 3.04. The average molecular weight is 629 g/mol. The highest BCUT2D eigenvalue weighted by atomic mass is 127. The van der Waals surface area contributed by atoms with Gasteiger partial charge in [0, 0.05) is 57.4 Å². The van der Waals surface area contributed by atoms with E-state index in [4.69, 9.17) is 21.3 Å². The Kier molecular flexibility index (Phi) is 9.47. The minimum Gasteiger partial charge on any atom is -0.385 e. The number of rotatable bonds is 6. The molecule has 2 aliphatic carbocycles. The first-order valence-corrected chi connectivity index (χ1v) is 15.7. The summed E-state index contributed by atoms with van der Waals surface area (Å²) in [5.74, 6) is 0.861. The number of hydrogen-bond acceptors (Lipinski definition) is 5. The Morgan fingerprint density at radius 2 is 1.97 bits per heavy atom. The quantitative estimate of drug-likeness (QED) is 0.263. The van der Waals surface area contributed by atoms with Crippen molar-refractivity contribution in [2.24, 2.45) is 10.9 Å². The zero-order valence-electron chi connectivity index (χ0n) is 21.7. The van der Waals surface area contributed by atoms with Crippen molar-refractivity contribution in [1.29, 1.82) is 0 Å². The summed E-state index contributed by atoms with van der Waals surface area (Å²) in [6, 6.07) is 0.437. The lowest BCUT2D eigenvalue weighted by Crippen LogP contribution is -2.58. The number of aliphatic imine (C=N–C) groups is 1. The molecule has 0 saturated carbocycles. The Morgan fingerprint density at radius 3 is 2.78 bits per heavy atom. The second-order valence-corrected chi connectivity index (χ2v) is 13.5. The summed E-state index contributed by atoms with van der Waals surface area (Å²) >= 11 is 9.18. The van der Waals surface area contributed by atoms with Crippen LogP contribution in [-0.2, 0) is 9.53 Å². The molecule has 200 valence electrons. The maximum absolute atomic E-state index is 13.5. The van der Waals surface area contributed by atoms with Gasteiger partial charge in [-0.2, -0.15) is 0 Å². The van der Waals surface area contributed by atoms with Gasteiger partial charge in [-0.05, 0) is 87.9 Å². The Bertz CT molecular complexity index is 900. The van der Waals surface area contributed by atoms with Gasteiger partial charge in [0.2, 0.25) is 5.91 Å². The van der Waals surface area contributed by atoms with Crippen LogP contribution in [0.25, 0.3) is 0 Å². The van der Waals surface area contributed by atoms with Crippen LogP contribution in [0.2, 0.25) is 0 Å². The van der Waals surface area contributed by atoms with Gasteiger partial charge in [-0.25, -0.2) is 0 Å². The predicted octanol–water partition coefficient (Wildman–Crippen LogP) is 4.71. The van der Waals surface area contributed by atoms with Gasteiger partial charge in [-0.3, -0.25) is 14.7 Å². The predicted molar refractivity (Wildman–Crippen MR) is 155 cm³/mol. The molecule has 1 N–H and O–H groups in total. The van der Waals surface area contributed by atoms with E-state index in [1.54, 1.807) is 23.8 Å². The van der Waals surface area contributed by atoms with E-state index in [0.717, 1.165) is 90.5 Å². The van der Waals surface area contributed by atoms with Crippen molar-refractivity contribution >= 4 is 46.3 Å². The SMILES string of the molecule is COCC[C@H]1CN(C2C3=C(CCC4=C2N=CC(I)C4)CC(Cl)CC3)CCN1C(=O)CC1CCNCC1. The summed E-state index contributed by atoms with van der Waals surface area (Å²) in [6.07, 6.45) is 12.5. The van der Waals surface area contributed by atoms with E-state index in [1.165, 1.54) is 5.70 Å². The molecule has 0 aromatic rings. The van der Waals surface area contributed by atoms with E-state index >= 15 is 0 Å². The molecule has 5 rings (SSSR count). The number of alkyl halides is 2. The van der Waals surface area contributed by atoms with Gasteiger partial charge in [-0.15, -0.1) is 11.6 Å². The highest BCUT2D eigenvalue weighted by Crippen LogP contribution is 2.43. The number of amides is 1. The molecule has 4 atom stereocenters. The number of nitrogens with one attached hydrogen (secondary N) is 1. The monoisotopic (exact) mass is 628 g/mol. The van der Waals surface area contributed by atoms with Crippen LogP contribution in [0.5, 0.6) is 0 Å². The molecule has 0 spiro atoms. The van der Waals surface area contributed by atoms with Crippen molar-refractivity contribution < 1.29 is 9.53 Å². The summed E-state index contributed by atoms with van der Waals surface area (Å²) in [7, 11) is 1.77. The minimum atomic E-state index is 0.193. The van der Waals surface area contributed by atoms with Crippen LogP contribution in [0.1, 0.15) is 64.2 Å². The van der Waals surface area contributed by atoms with E-state index in [0.29, 0.717) is 28.8 Å². The van der Waals surface area contributed by atoms with Gasteiger partial charge < -0.3 is 15.0 Å². The van der Waals surface area contributed by atoms with Crippen LogP contribution in [0, 0.1) is 5.92 Å². The number of carbonyl (C=O) groups is 1.